The highest BCUT2D eigenvalue weighted by molar-refractivity contribution is 7.48. The maximum Gasteiger partial charge on any atom is 0.508 e. The van der Waals surface area contributed by atoms with Crippen molar-refractivity contribution in [3.63, 3.8) is 0 Å². The summed E-state index contributed by atoms with van der Waals surface area (Å²) in [6.45, 7) is 11.3. The third kappa shape index (κ3) is 7.94. The Balaban J connectivity index is 0.000000272. The zero-order chi connectivity index (χ0) is 18.4. The zero-order valence-electron chi connectivity index (χ0n) is 15.1. The van der Waals surface area contributed by atoms with Gasteiger partial charge in [-0.05, 0) is 6.42 Å². The Morgan fingerprint density at radius 3 is 1.96 bits per heavy atom. The van der Waals surface area contributed by atoms with Crippen molar-refractivity contribution in [1.82, 2.24) is 0 Å². The van der Waals surface area contributed by atoms with Crippen molar-refractivity contribution in [3.05, 3.63) is 0 Å². The standard InChI is InChI=1S/C9H19O5P.C6H10O3/c1-4-8(10)5-12-15(11)13-6-9(2,3)7-14-15;1-6(2)3-8-5(7)9-4-6/h8,10H,4-7H2,1-3H3;3-4H2,1-2H3. The Bertz CT molecular complexity index is 436. The quantitative estimate of drug-likeness (QED) is 0.597. The molecule has 2 aliphatic rings. The second-order valence-corrected chi connectivity index (χ2v) is 9.18. The van der Waals surface area contributed by atoms with E-state index in [1.54, 1.807) is 0 Å². The van der Waals surface area contributed by atoms with Crippen LogP contribution in [0.3, 0.4) is 0 Å². The minimum atomic E-state index is -3.42. The topological polar surface area (TPSA) is 101 Å². The van der Waals surface area contributed by atoms with Crippen molar-refractivity contribution in [2.45, 2.75) is 47.1 Å². The van der Waals surface area contributed by atoms with Crippen LogP contribution in [0.2, 0.25) is 0 Å². The molecule has 0 amide bonds. The zero-order valence-corrected chi connectivity index (χ0v) is 16.0. The minimum Gasteiger partial charge on any atom is -0.434 e. The third-order valence-electron chi connectivity index (χ3n) is 3.28. The average molecular weight is 368 g/mol. The van der Waals surface area contributed by atoms with Gasteiger partial charge in [0.2, 0.25) is 0 Å². The second-order valence-electron chi connectivity index (χ2n) is 7.51. The van der Waals surface area contributed by atoms with Gasteiger partial charge in [0.1, 0.15) is 13.2 Å². The summed E-state index contributed by atoms with van der Waals surface area (Å²) in [5.74, 6) is 0. The van der Waals surface area contributed by atoms with Gasteiger partial charge in [-0.1, -0.05) is 34.6 Å². The fourth-order valence-corrected chi connectivity index (χ4v) is 3.14. The number of ether oxygens (including phenoxy) is 2. The number of hydrogen-bond acceptors (Lipinski definition) is 8. The number of aliphatic hydroxyl groups is 1. The Morgan fingerprint density at radius 2 is 1.54 bits per heavy atom. The van der Waals surface area contributed by atoms with Gasteiger partial charge < -0.3 is 14.6 Å². The summed E-state index contributed by atoms with van der Waals surface area (Å²) in [5.41, 5.74) is -0.144. The normalized spacial score (nSPS) is 25.5. The van der Waals surface area contributed by atoms with Crippen LogP contribution in [0.4, 0.5) is 4.79 Å². The van der Waals surface area contributed by atoms with E-state index in [1.165, 1.54) is 0 Å². The lowest BCUT2D eigenvalue weighted by molar-refractivity contribution is -0.0445. The largest absolute Gasteiger partial charge is 0.508 e. The summed E-state index contributed by atoms with van der Waals surface area (Å²) >= 11 is 0. The predicted octanol–water partition coefficient (Wildman–Crippen LogP) is 3.13. The molecule has 2 fully saturated rings. The number of cyclic esters (lactones) is 2. The number of hydrogen-bond donors (Lipinski definition) is 1. The van der Waals surface area contributed by atoms with Crippen LogP contribution in [0, 0.1) is 10.8 Å². The van der Waals surface area contributed by atoms with Gasteiger partial charge in [-0.2, -0.15) is 0 Å². The molecule has 0 saturated carbocycles. The van der Waals surface area contributed by atoms with Gasteiger partial charge in [0.05, 0.1) is 25.9 Å². The molecule has 142 valence electrons. The van der Waals surface area contributed by atoms with E-state index in [-0.39, 0.29) is 17.4 Å². The van der Waals surface area contributed by atoms with Crippen LogP contribution >= 0.6 is 7.82 Å². The van der Waals surface area contributed by atoms with Crippen LogP contribution in [0.25, 0.3) is 0 Å². The van der Waals surface area contributed by atoms with E-state index in [4.69, 9.17) is 13.6 Å². The summed E-state index contributed by atoms with van der Waals surface area (Å²) in [4.78, 5) is 10.3. The summed E-state index contributed by atoms with van der Waals surface area (Å²) in [5, 5.41) is 9.25. The molecule has 2 saturated heterocycles. The monoisotopic (exact) mass is 368 g/mol. The minimum absolute atomic E-state index is 0.00604. The van der Waals surface area contributed by atoms with Gasteiger partial charge >= 0.3 is 14.0 Å². The molecule has 24 heavy (non-hydrogen) atoms. The Hall–Kier alpha value is -0.660. The number of aliphatic hydroxyl groups excluding tert-OH is 1. The molecule has 0 aromatic rings. The number of carbonyl (C=O) groups is 1. The maximum absolute atomic E-state index is 11.8. The predicted molar refractivity (Wildman–Crippen MR) is 86.6 cm³/mol. The first-order valence-corrected chi connectivity index (χ1v) is 9.44. The molecule has 2 rings (SSSR count). The molecule has 8 nitrogen and oxygen atoms in total. The van der Waals surface area contributed by atoms with E-state index in [0.717, 1.165) is 0 Å². The highest BCUT2D eigenvalue weighted by Crippen LogP contribution is 2.54. The number of phosphoric acid groups is 1. The fourth-order valence-electron chi connectivity index (χ4n) is 1.55. The third-order valence-corrected chi connectivity index (χ3v) is 4.64. The Labute approximate surface area is 143 Å². The van der Waals surface area contributed by atoms with Crippen LogP contribution in [-0.2, 0) is 27.6 Å². The van der Waals surface area contributed by atoms with Gasteiger partial charge in [-0.25, -0.2) is 9.36 Å². The molecule has 0 aromatic carbocycles. The highest BCUT2D eigenvalue weighted by Gasteiger charge is 2.38. The van der Waals surface area contributed by atoms with Gasteiger partial charge in [0, 0.05) is 10.8 Å². The fraction of sp³-hybridized carbons (Fsp3) is 0.933. The van der Waals surface area contributed by atoms with E-state index in [9.17, 15) is 14.5 Å². The van der Waals surface area contributed by atoms with Crippen LogP contribution in [0.1, 0.15) is 41.0 Å². The summed E-state index contributed by atoms with van der Waals surface area (Å²) in [7, 11) is -3.42. The summed E-state index contributed by atoms with van der Waals surface area (Å²) in [6, 6.07) is 0. The first-order chi connectivity index (χ1) is 11.0. The van der Waals surface area contributed by atoms with Gasteiger partial charge in [0.15, 0.2) is 0 Å². The van der Waals surface area contributed by atoms with E-state index < -0.39 is 20.1 Å². The molecule has 1 unspecified atom stereocenters. The first kappa shape index (κ1) is 21.4. The van der Waals surface area contributed by atoms with Crippen molar-refractivity contribution in [2.24, 2.45) is 10.8 Å². The molecule has 0 aliphatic carbocycles. The van der Waals surface area contributed by atoms with E-state index in [1.807, 2.05) is 34.6 Å². The molecule has 9 heteroatoms. The first-order valence-electron chi connectivity index (χ1n) is 7.98. The number of phosphoric ester groups is 1. The van der Waals surface area contributed by atoms with Crippen LogP contribution < -0.4 is 0 Å². The lowest BCUT2D eigenvalue weighted by atomic mass is 9.96. The van der Waals surface area contributed by atoms with Gasteiger partial charge in [-0.15, -0.1) is 0 Å². The maximum atomic E-state index is 11.8. The summed E-state index contributed by atoms with van der Waals surface area (Å²) in [6.07, 6.45) is -0.627. The smallest absolute Gasteiger partial charge is 0.434 e. The molecule has 1 atom stereocenters. The second kappa shape index (κ2) is 8.63. The van der Waals surface area contributed by atoms with Crippen LogP contribution in [0.15, 0.2) is 0 Å². The average Bonchev–Trinajstić information content (AvgIpc) is 2.52. The lowest BCUT2D eigenvalue weighted by Crippen LogP contribution is -2.34. The molecule has 2 heterocycles. The van der Waals surface area contributed by atoms with Gasteiger partial charge in [-0.3, -0.25) is 13.6 Å². The number of rotatable bonds is 4. The molecule has 0 aromatic heterocycles. The molecule has 0 radical (unpaired) electrons. The van der Waals surface area contributed by atoms with E-state index in [0.29, 0.717) is 32.8 Å². The van der Waals surface area contributed by atoms with E-state index in [2.05, 4.69) is 9.47 Å². The van der Waals surface area contributed by atoms with Crippen molar-refractivity contribution >= 4 is 14.0 Å². The summed E-state index contributed by atoms with van der Waals surface area (Å²) < 4.78 is 36.2. The van der Waals surface area contributed by atoms with Crippen molar-refractivity contribution in [3.8, 4) is 0 Å². The van der Waals surface area contributed by atoms with E-state index >= 15 is 0 Å². The Kier molecular flexibility index (Phi) is 7.69. The van der Waals surface area contributed by atoms with Crippen molar-refractivity contribution in [1.29, 1.82) is 0 Å². The molecule has 1 N–H and O–H groups in total. The molecular weight excluding hydrogens is 339 g/mol. The van der Waals surface area contributed by atoms with Crippen molar-refractivity contribution < 1.29 is 37.5 Å². The number of carbonyl (C=O) groups excluding carboxylic acids is 1. The molecule has 0 spiro atoms. The molecule has 2 aliphatic heterocycles. The Morgan fingerprint density at radius 1 is 1.08 bits per heavy atom. The molecular formula is C15H29O8P. The van der Waals surface area contributed by atoms with Crippen molar-refractivity contribution in [2.75, 3.05) is 33.0 Å². The van der Waals surface area contributed by atoms with Crippen LogP contribution in [-0.4, -0.2) is 50.4 Å². The molecule has 0 bridgehead atoms. The lowest BCUT2D eigenvalue weighted by Gasteiger charge is -2.33. The highest BCUT2D eigenvalue weighted by atomic mass is 31.2. The SMILES string of the molecule is CC1(C)COC(=O)OC1.CCC(O)COP1(=O)OCC(C)(C)CO1. The van der Waals surface area contributed by atoms with Crippen LogP contribution in [0.5, 0.6) is 0 Å². The van der Waals surface area contributed by atoms with Gasteiger partial charge in [0.25, 0.3) is 0 Å².